The van der Waals surface area contributed by atoms with E-state index in [9.17, 15) is 0 Å². The highest BCUT2D eigenvalue weighted by molar-refractivity contribution is 7.99. The summed E-state index contributed by atoms with van der Waals surface area (Å²) in [5.74, 6) is 9.13. The van der Waals surface area contributed by atoms with Crippen LogP contribution in [-0.4, -0.2) is 11.5 Å². The molecule has 0 aliphatic heterocycles. The first-order valence-electron chi connectivity index (χ1n) is 15.1. The lowest BCUT2D eigenvalue weighted by Crippen LogP contribution is -2.32. The van der Waals surface area contributed by atoms with E-state index in [0.29, 0.717) is 0 Å². The molecule has 0 heterocycles. The zero-order valence-electron chi connectivity index (χ0n) is 23.3. The molecule has 3 saturated carbocycles. The maximum Gasteiger partial charge on any atom is -0.00392 e. The Kier molecular flexibility index (Phi) is 18.6. The summed E-state index contributed by atoms with van der Waals surface area (Å²) in [6.45, 7) is 14.0. The molecule has 0 aromatic heterocycles. The van der Waals surface area contributed by atoms with E-state index in [0.717, 1.165) is 35.5 Å². The molecule has 0 aromatic rings. The molecule has 3 aliphatic rings. The maximum atomic E-state index is 2.50. The highest BCUT2D eigenvalue weighted by Crippen LogP contribution is 2.46. The number of hydrogen-bond acceptors (Lipinski definition) is 1. The Labute approximate surface area is 209 Å². The Hall–Kier alpha value is 0.350. The van der Waals surface area contributed by atoms with Crippen LogP contribution in [0.4, 0.5) is 0 Å². The van der Waals surface area contributed by atoms with Gasteiger partial charge in [0.15, 0.2) is 0 Å². The summed E-state index contributed by atoms with van der Waals surface area (Å²) in [4.78, 5) is 0. The molecule has 0 radical (unpaired) electrons. The van der Waals surface area contributed by atoms with Gasteiger partial charge in [-0.3, -0.25) is 0 Å². The Bertz CT molecular complexity index is 391. The van der Waals surface area contributed by atoms with E-state index in [4.69, 9.17) is 0 Å². The molecule has 0 spiro atoms. The van der Waals surface area contributed by atoms with Crippen molar-refractivity contribution in [2.75, 3.05) is 11.5 Å². The SMILES string of the molecule is CCCC1CCC2C(CCC[C@@H]2C)C1.CCCCCCC.CCSCC1CCC(C)CC1. The molecule has 0 aromatic carbocycles. The maximum absolute atomic E-state index is 2.50. The summed E-state index contributed by atoms with van der Waals surface area (Å²) < 4.78 is 0. The molecule has 0 nitrogen and oxygen atoms in total. The third kappa shape index (κ3) is 13.3. The highest BCUT2D eigenvalue weighted by atomic mass is 32.2. The van der Waals surface area contributed by atoms with Gasteiger partial charge in [-0.2, -0.15) is 11.8 Å². The number of unbranched alkanes of at least 4 members (excludes halogenated alkanes) is 4. The van der Waals surface area contributed by atoms with E-state index in [-0.39, 0.29) is 0 Å². The second kappa shape index (κ2) is 19.6. The summed E-state index contributed by atoms with van der Waals surface area (Å²) in [6.07, 6.45) is 25.1. The molecule has 0 saturated heterocycles. The van der Waals surface area contributed by atoms with Crippen molar-refractivity contribution in [3.8, 4) is 0 Å². The van der Waals surface area contributed by atoms with Gasteiger partial charge >= 0.3 is 0 Å². The van der Waals surface area contributed by atoms with Crippen LogP contribution in [0.15, 0.2) is 0 Å². The number of thioether (sulfide) groups is 1. The second-order valence-electron chi connectivity index (χ2n) is 11.6. The van der Waals surface area contributed by atoms with Gasteiger partial charge in [0.05, 0.1) is 0 Å². The Morgan fingerprint density at radius 2 is 1.31 bits per heavy atom. The normalized spacial score (nSPS) is 32.1. The molecule has 3 unspecified atom stereocenters. The largest absolute Gasteiger partial charge is 0.162 e. The number of rotatable bonds is 9. The van der Waals surface area contributed by atoms with Crippen LogP contribution in [0.1, 0.15) is 151 Å². The van der Waals surface area contributed by atoms with E-state index in [1.807, 2.05) is 0 Å². The average molecular weight is 467 g/mol. The van der Waals surface area contributed by atoms with E-state index >= 15 is 0 Å². The first-order valence-corrected chi connectivity index (χ1v) is 16.3. The van der Waals surface area contributed by atoms with Crippen LogP contribution in [0.5, 0.6) is 0 Å². The van der Waals surface area contributed by atoms with Crippen molar-refractivity contribution in [3.63, 3.8) is 0 Å². The third-order valence-electron chi connectivity index (χ3n) is 8.71. The lowest BCUT2D eigenvalue weighted by molar-refractivity contribution is 0.0810. The van der Waals surface area contributed by atoms with Gasteiger partial charge in [0.1, 0.15) is 0 Å². The molecule has 3 rings (SSSR count). The molecular weight excluding hydrogens is 404 g/mol. The topological polar surface area (TPSA) is 0 Å². The standard InChI is InChI=1S/C14H26.C10H20S.C7H16/c1-3-5-12-8-9-14-11(2)6-4-7-13(14)10-12;1-3-11-8-10-6-4-9(2)5-7-10;1-3-5-7-6-4-2/h11-14H,3-10H2,1-2H3;9-10H,3-8H2,1-2H3;3-7H2,1-2H3/t11-,12?,13?,14?;;/m0../s1. The highest BCUT2D eigenvalue weighted by Gasteiger charge is 2.35. The van der Waals surface area contributed by atoms with Crippen LogP contribution < -0.4 is 0 Å². The van der Waals surface area contributed by atoms with Crippen LogP contribution >= 0.6 is 11.8 Å². The second-order valence-corrected chi connectivity index (χ2v) is 13.0. The lowest BCUT2D eigenvalue weighted by Gasteiger charge is -2.43. The summed E-state index contributed by atoms with van der Waals surface area (Å²) >= 11 is 2.12. The van der Waals surface area contributed by atoms with Crippen molar-refractivity contribution in [1.82, 2.24) is 0 Å². The summed E-state index contributed by atoms with van der Waals surface area (Å²) in [7, 11) is 0. The Morgan fingerprint density at radius 3 is 1.91 bits per heavy atom. The first-order chi connectivity index (χ1) is 15.5. The third-order valence-corrected chi connectivity index (χ3v) is 9.83. The Morgan fingerprint density at radius 1 is 0.656 bits per heavy atom. The fraction of sp³-hybridized carbons (Fsp3) is 1.00. The van der Waals surface area contributed by atoms with Crippen molar-refractivity contribution in [2.24, 2.45) is 35.5 Å². The average Bonchev–Trinajstić information content (AvgIpc) is 2.80. The molecule has 0 amide bonds. The van der Waals surface area contributed by atoms with Crippen molar-refractivity contribution in [3.05, 3.63) is 0 Å². The van der Waals surface area contributed by atoms with Crippen LogP contribution in [0.3, 0.4) is 0 Å². The van der Waals surface area contributed by atoms with Gasteiger partial charge in [-0.15, -0.1) is 0 Å². The molecule has 0 bridgehead atoms. The predicted octanol–water partition coefficient (Wildman–Crippen LogP) is 11.2. The van der Waals surface area contributed by atoms with Crippen molar-refractivity contribution in [2.45, 2.75) is 151 Å². The number of hydrogen-bond donors (Lipinski definition) is 0. The molecular formula is C31H62S. The molecule has 1 heteroatoms. The minimum Gasteiger partial charge on any atom is -0.162 e. The predicted molar refractivity (Wildman–Crippen MR) is 151 cm³/mol. The number of fused-ring (bicyclic) bond motifs is 1. The van der Waals surface area contributed by atoms with Gasteiger partial charge in [0, 0.05) is 0 Å². The minimum atomic E-state index is 1.01. The van der Waals surface area contributed by atoms with E-state index in [1.165, 1.54) is 95.0 Å². The molecule has 4 atom stereocenters. The minimum absolute atomic E-state index is 1.01. The first kappa shape index (κ1) is 30.4. The zero-order valence-corrected chi connectivity index (χ0v) is 24.1. The van der Waals surface area contributed by atoms with E-state index in [2.05, 4.69) is 53.3 Å². The molecule has 0 N–H and O–H groups in total. The smallest absolute Gasteiger partial charge is 0.00392 e. The van der Waals surface area contributed by atoms with Crippen LogP contribution in [0.2, 0.25) is 0 Å². The zero-order chi connectivity index (χ0) is 23.6. The van der Waals surface area contributed by atoms with Gasteiger partial charge < -0.3 is 0 Å². The molecule has 3 aliphatic carbocycles. The van der Waals surface area contributed by atoms with Crippen molar-refractivity contribution < 1.29 is 0 Å². The van der Waals surface area contributed by atoms with Crippen LogP contribution in [0, 0.1) is 35.5 Å². The van der Waals surface area contributed by atoms with Crippen molar-refractivity contribution >= 4 is 11.8 Å². The molecule has 32 heavy (non-hydrogen) atoms. The lowest BCUT2D eigenvalue weighted by atomic mass is 9.63. The van der Waals surface area contributed by atoms with Gasteiger partial charge in [-0.1, -0.05) is 125 Å². The Balaban J connectivity index is 0.000000256. The van der Waals surface area contributed by atoms with Gasteiger partial charge in [0.2, 0.25) is 0 Å². The monoisotopic (exact) mass is 466 g/mol. The fourth-order valence-corrected chi connectivity index (χ4v) is 7.41. The quantitative estimate of drug-likeness (QED) is 0.304. The summed E-state index contributed by atoms with van der Waals surface area (Å²) in [6, 6.07) is 0. The summed E-state index contributed by atoms with van der Waals surface area (Å²) in [5.41, 5.74) is 0. The van der Waals surface area contributed by atoms with E-state index < -0.39 is 0 Å². The van der Waals surface area contributed by atoms with E-state index in [1.54, 1.807) is 25.7 Å². The molecule has 192 valence electrons. The van der Waals surface area contributed by atoms with Gasteiger partial charge in [0.25, 0.3) is 0 Å². The molecule has 3 fully saturated rings. The van der Waals surface area contributed by atoms with Crippen molar-refractivity contribution in [1.29, 1.82) is 0 Å². The fourth-order valence-electron chi connectivity index (χ4n) is 6.51. The van der Waals surface area contributed by atoms with Gasteiger partial charge in [-0.05, 0) is 72.7 Å². The summed E-state index contributed by atoms with van der Waals surface area (Å²) in [5, 5.41) is 0. The van der Waals surface area contributed by atoms with Gasteiger partial charge in [-0.25, -0.2) is 0 Å². The van der Waals surface area contributed by atoms with Crippen LogP contribution in [0.25, 0.3) is 0 Å². The van der Waals surface area contributed by atoms with Crippen LogP contribution in [-0.2, 0) is 0 Å².